The highest BCUT2D eigenvalue weighted by molar-refractivity contribution is 5.96. The Labute approximate surface area is 339 Å². The molecule has 0 spiro atoms. The smallest absolute Gasteiger partial charge is 0.243 e. The van der Waals surface area contributed by atoms with Crippen molar-refractivity contribution < 1.29 is 24.0 Å². The number of rotatable bonds is 21. The van der Waals surface area contributed by atoms with Gasteiger partial charge in [-0.2, -0.15) is 0 Å². The first-order chi connectivity index (χ1) is 28.1. The Hall–Kier alpha value is -6.11. The van der Waals surface area contributed by atoms with Crippen LogP contribution in [0.1, 0.15) is 48.8 Å². The number of unbranched alkanes of at least 4 members (excludes halogenated alkanes) is 1. The average Bonchev–Trinajstić information content (AvgIpc) is 3.23. The molecule has 12 nitrogen and oxygen atoms in total. The normalized spacial score (nSPS) is 13.2. The van der Waals surface area contributed by atoms with Gasteiger partial charge < -0.3 is 38.1 Å². The second-order valence-corrected chi connectivity index (χ2v) is 14.7. The van der Waals surface area contributed by atoms with Gasteiger partial charge in [0.05, 0.1) is 0 Å². The van der Waals surface area contributed by atoms with Gasteiger partial charge in [0.25, 0.3) is 0 Å². The van der Waals surface area contributed by atoms with Crippen LogP contribution in [0.15, 0.2) is 115 Å². The van der Waals surface area contributed by atoms with Gasteiger partial charge in [0.1, 0.15) is 24.2 Å². The predicted molar refractivity (Wildman–Crippen MR) is 228 cm³/mol. The van der Waals surface area contributed by atoms with Crippen molar-refractivity contribution in [3.63, 3.8) is 0 Å². The maximum Gasteiger partial charge on any atom is 0.243 e. The molecule has 0 radical (unpaired) electrons. The summed E-state index contributed by atoms with van der Waals surface area (Å²) in [7, 11) is 1.59. The Balaban J connectivity index is 1.47. The van der Waals surface area contributed by atoms with E-state index < -0.39 is 47.8 Å². The molecule has 5 aromatic carbocycles. The fraction of sp³-hybridized carbons (Fsp3) is 0.326. The summed E-state index contributed by atoms with van der Waals surface area (Å²) >= 11 is 0. The van der Waals surface area contributed by atoms with E-state index in [2.05, 4.69) is 16.0 Å². The lowest BCUT2D eigenvalue weighted by atomic mass is 9.98. The number of primary amides is 1. The quantitative estimate of drug-likeness (QED) is 0.0610. The van der Waals surface area contributed by atoms with Crippen LogP contribution in [0.25, 0.3) is 21.5 Å². The third-order valence-electron chi connectivity index (χ3n) is 10.4. The van der Waals surface area contributed by atoms with Crippen molar-refractivity contribution in [3.8, 4) is 0 Å². The molecular formula is C46H55N7O5. The fourth-order valence-corrected chi connectivity index (χ4v) is 7.06. The topological polar surface area (TPSA) is 203 Å². The van der Waals surface area contributed by atoms with Crippen molar-refractivity contribution in [2.24, 2.45) is 17.2 Å². The Kier molecular flexibility index (Phi) is 15.9. The van der Waals surface area contributed by atoms with Crippen LogP contribution >= 0.6 is 0 Å². The van der Waals surface area contributed by atoms with Crippen LogP contribution in [0.2, 0.25) is 0 Å². The fourth-order valence-electron chi connectivity index (χ4n) is 7.06. The number of hydrogen-bond donors (Lipinski definition) is 6. The summed E-state index contributed by atoms with van der Waals surface area (Å²) in [6, 6.07) is 32.4. The van der Waals surface area contributed by atoms with Crippen LogP contribution in [-0.2, 0) is 43.2 Å². The third kappa shape index (κ3) is 12.2. The van der Waals surface area contributed by atoms with Gasteiger partial charge >= 0.3 is 0 Å². The molecule has 304 valence electrons. The lowest BCUT2D eigenvalue weighted by Crippen LogP contribution is -2.59. The van der Waals surface area contributed by atoms with Gasteiger partial charge in [-0.25, -0.2) is 0 Å². The summed E-state index contributed by atoms with van der Waals surface area (Å²) in [4.78, 5) is 70.3. The van der Waals surface area contributed by atoms with Crippen LogP contribution in [0.5, 0.6) is 0 Å². The van der Waals surface area contributed by atoms with Crippen molar-refractivity contribution in [2.75, 3.05) is 20.1 Å². The number of fused-ring (bicyclic) bond motifs is 2. The number of nitrogens with zero attached hydrogens (tertiary/aromatic N) is 1. The van der Waals surface area contributed by atoms with E-state index in [1.165, 1.54) is 4.90 Å². The Bertz CT molecular complexity index is 2180. The monoisotopic (exact) mass is 785 g/mol. The van der Waals surface area contributed by atoms with Gasteiger partial charge in [-0.1, -0.05) is 115 Å². The number of benzene rings is 5. The molecular weight excluding hydrogens is 731 g/mol. The molecule has 5 aromatic rings. The van der Waals surface area contributed by atoms with E-state index >= 15 is 0 Å². The average molecular weight is 786 g/mol. The second-order valence-electron chi connectivity index (χ2n) is 14.7. The van der Waals surface area contributed by atoms with Gasteiger partial charge in [-0.05, 0) is 77.0 Å². The zero-order chi connectivity index (χ0) is 41.4. The van der Waals surface area contributed by atoms with E-state index in [0.29, 0.717) is 38.8 Å². The minimum Gasteiger partial charge on any atom is -0.368 e. The molecule has 0 aliphatic rings. The molecule has 0 saturated carbocycles. The number of carbonyl (C=O) groups is 5. The van der Waals surface area contributed by atoms with Crippen molar-refractivity contribution in [3.05, 3.63) is 132 Å². The molecule has 0 saturated heterocycles. The van der Waals surface area contributed by atoms with Crippen LogP contribution in [-0.4, -0.2) is 78.7 Å². The first-order valence-corrected chi connectivity index (χ1v) is 19.9. The highest BCUT2D eigenvalue weighted by Gasteiger charge is 2.33. The highest BCUT2D eigenvalue weighted by atomic mass is 16.2. The van der Waals surface area contributed by atoms with Crippen molar-refractivity contribution in [1.29, 1.82) is 0 Å². The number of amides is 5. The second kappa shape index (κ2) is 21.4. The number of nitrogens with one attached hydrogen (secondary N) is 3. The molecule has 0 aliphatic carbocycles. The van der Waals surface area contributed by atoms with Gasteiger partial charge in [-0.3, -0.25) is 24.0 Å². The summed E-state index contributed by atoms with van der Waals surface area (Å²) in [5.74, 6) is -2.69. The van der Waals surface area contributed by atoms with E-state index in [1.807, 2.05) is 115 Å². The van der Waals surface area contributed by atoms with Crippen LogP contribution in [0, 0.1) is 0 Å². The van der Waals surface area contributed by atoms with Gasteiger partial charge in [0, 0.05) is 32.7 Å². The summed E-state index contributed by atoms with van der Waals surface area (Å²) in [5, 5.41) is 12.6. The first kappa shape index (κ1) is 43.0. The highest BCUT2D eigenvalue weighted by Crippen LogP contribution is 2.20. The molecule has 4 atom stereocenters. The van der Waals surface area contributed by atoms with Gasteiger partial charge in [0.2, 0.25) is 29.5 Å². The first-order valence-electron chi connectivity index (χ1n) is 19.9. The standard InChI is InChI=1S/C46H55N7O5/c1-53(42(54)19-11-25-48)41(30-33-21-23-35-15-6-8-17-37(35)27-33)46(58)52-40(29-32-20-22-34-14-5-7-16-36(34)26-32)45(57)51-39(28-31-12-3-2-4-13-31)44(56)50-38(43(49)55)18-9-10-24-47/h2-8,12-17,20-23,26-27,38-41H,9-11,18-19,24-25,28-30,47-48H2,1H3,(H2,49,55)(H,50,56)(H,51,57)(H,52,58). The van der Waals surface area contributed by atoms with E-state index in [-0.39, 0.29) is 31.6 Å². The summed E-state index contributed by atoms with van der Waals surface area (Å²) in [6.07, 6.45) is 2.49. The van der Waals surface area contributed by atoms with Gasteiger partial charge in [0.15, 0.2) is 0 Å². The summed E-state index contributed by atoms with van der Waals surface area (Å²) in [5.41, 5.74) is 19.4. The van der Waals surface area contributed by atoms with Crippen molar-refractivity contribution >= 4 is 51.1 Å². The molecule has 4 unspecified atom stereocenters. The summed E-state index contributed by atoms with van der Waals surface area (Å²) < 4.78 is 0. The van der Waals surface area contributed by atoms with Crippen LogP contribution < -0.4 is 33.2 Å². The molecule has 9 N–H and O–H groups in total. The van der Waals surface area contributed by atoms with Gasteiger partial charge in [-0.15, -0.1) is 0 Å². The van der Waals surface area contributed by atoms with E-state index in [9.17, 15) is 24.0 Å². The Morgan fingerprint density at radius 1 is 0.534 bits per heavy atom. The minimum absolute atomic E-state index is 0.0820. The molecule has 0 heterocycles. The van der Waals surface area contributed by atoms with Crippen LogP contribution in [0.4, 0.5) is 0 Å². The lowest BCUT2D eigenvalue weighted by Gasteiger charge is -2.30. The third-order valence-corrected chi connectivity index (χ3v) is 10.4. The SMILES string of the molecule is CN(C(=O)CCCN)C(Cc1ccc2ccccc2c1)C(=O)NC(Cc1ccc2ccccc2c1)C(=O)NC(Cc1ccccc1)C(=O)NC(CCCCN)C(N)=O. The Morgan fingerprint density at radius 2 is 1.02 bits per heavy atom. The maximum atomic E-state index is 14.6. The largest absolute Gasteiger partial charge is 0.368 e. The Morgan fingerprint density at radius 3 is 1.57 bits per heavy atom. The van der Waals surface area contributed by atoms with Crippen LogP contribution in [0.3, 0.4) is 0 Å². The van der Waals surface area contributed by atoms with E-state index in [1.54, 1.807) is 7.05 Å². The molecule has 0 aromatic heterocycles. The van der Waals surface area contributed by atoms with E-state index in [4.69, 9.17) is 17.2 Å². The molecule has 0 aliphatic heterocycles. The summed E-state index contributed by atoms with van der Waals surface area (Å²) in [6.45, 7) is 0.748. The van der Waals surface area contributed by atoms with E-state index in [0.717, 1.165) is 38.2 Å². The number of carbonyl (C=O) groups excluding carboxylic acids is 5. The molecule has 5 rings (SSSR count). The minimum atomic E-state index is -1.16. The number of nitrogens with two attached hydrogens (primary N) is 3. The molecule has 58 heavy (non-hydrogen) atoms. The number of hydrogen-bond acceptors (Lipinski definition) is 7. The molecule has 0 fully saturated rings. The molecule has 12 heteroatoms. The number of likely N-dealkylation sites (N-methyl/N-ethyl adjacent to an activating group) is 1. The lowest BCUT2D eigenvalue weighted by molar-refractivity contribution is -0.140. The zero-order valence-electron chi connectivity index (χ0n) is 33.1. The zero-order valence-corrected chi connectivity index (χ0v) is 33.1. The molecule has 0 bridgehead atoms. The van der Waals surface area contributed by atoms with Crippen molar-refractivity contribution in [1.82, 2.24) is 20.9 Å². The van der Waals surface area contributed by atoms with Crippen molar-refractivity contribution in [2.45, 2.75) is 75.5 Å². The molecule has 5 amide bonds. The predicted octanol–water partition coefficient (Wildman–Crippen LogP) is 3.66. The maximum absolute atomic E-state index is 14.6.